The van der Waals surface area contributed by atoms with Gasteiger partial charge in [0.1, 0.15) is 17.2 Å². The monoisotopic (exact) mass is 427 g/mol. The van der Waals surface area contributed by atoms with Gasteiger partial charge in [-0.2, -0.15) is 0 Å². The molecule has 0 radical (unpaired) electrons. The van der Waals surface area contributed by atoms with Gasteiger partial charge in [-0.05, 0) is 55.4 Å². The van der Waals surface area contributed by atoms with Crippen molar-refractivity contribution in [1.29, 1.82) is 0 Å². The van der Waals surface area contributed by atoms with Gasteiger partial charge in [-0.1, -0.05) is 13.0 Å². The number of carbonyl (C=O) groups is 1. The van der Waals surface area contributed by atoms with Crippen LogP contribution in [0.1, 0.15) is 41.2 Å². The Balaban J connectivity index is 1.51. The summed E-state index contributed by atoms with van der Waals surface area (Å²) >= 11 is 1.75. The van der Waals surface area contributed by atoms with Crippen LogP contribution in [0.15, 0.2) is 35.7 Å². The first kappa shape index (κ1) is 20.8. The van der Waals surface area contributed by atoms with Crippen LogP contribution in [0, 0.1) is 5.92 Å². The van der Waals surface area contributed by atoms with Crippen molar-refractivity contribution in [2.24, 2.45) is 5.92 Å². The van der Waals surface area contributed by atoms with Gasteiger partial charge in [-0.3, -0.25) is 9.69 Å². The van der Waals surface area contributed by atoms with Gasteiger partial charge in [0.15, 0.2) is 0 Å². The van der Waals surface area contributed by atoms with Crippen molar-refractivity contribution in [3.05, 3.63) is 46.3 Å². The Labute approximate surface area is 181 Å². The van der Waals surface area contributed by atoms with Gasteiger partial charge in [-0.25, -0.2) is 0 Å². The zero-order valence-corrected chi connectivity index (χ0v) is 18.6. The van der Waals surface area contributed by atoms with E-state index in [2.05, 4.69) is 39.6 Å². The minimum atomic E-state index is -0.112. The van der Waals surface area contributed by atoms with E-state index >= 15 is 0 Å². The van der Waals surface area contributed by atoms with Crippen molar-refractivity contribution in [3.8, 4) is 11.5 Å². The maximum atomic E-state index is 12.9. The maximum Gasteiger partial charge on any atom is 0.267 e. The predicted molar refractivity (Wildman–Crippen MR) is 121 cm³/mol. The number of hydrogen-bond donors (Lipinski definition) is 2. The van der Waals surface area contributed by atoms with E-state index in [-0.39, 0.29) is 11.9 Å². The highest BCUT2D eigenvalue weighted by molar-refractivity contribution is 7.10. The summed E-state index contributed by atoms with van der Waals surface area (Å²) in [5, 5.41) is 6.14. The normalized spacial score (nSPS) is 16.5. The summed E-state index contributed by atoms with van der Waals surface area (Å²) in [6.07, 6.45) is 2.42. The van der Waals surface area contributed by atoms with Gasteiger partial charge in [0.05, 0.1) is 25.8 Å². The fourth-order valence-corrected chi connectivity index (χ4v) is 4.96. The van der Waals surface area contributed by atoms with Gasteiger partial charge in [0.2, 0.25) is 0 Å². The molecule has 7 heteroatoms. The Morgan fingerprint density at radius 1 is 1.27 bits per heavy atom. The molecule has 1 aliphatic rings. The summed E-state index contributed by atoms with van der Waals surface area (Å²) in [4.78, 5) is 20.0. The zero-order chi connectivity index (χ0) is 21.1. The second kappa shape index (κ2) is 9.10. The first-order valence-electron chi connectivity index (χ1n) is 10.4. The number of aromatic amines is 1. The number of hydrogen-bond acceptors (Lipinski definition) is 5. The number of piperidine rings is 1. The average Bonchev–Trinajstić information content (AvgIpc) is 3.44. The molecule has 0 aliphatic carbocycles. The second-order valence-corrected chi connectivity index (χ2v) is 8.92. The maximum absolute atomic E-state index is 12.9. The molecule has 1 fully saturated rings. The molecule has 0 bridgehead atoms. The summed E-state index contributed by atoms with van der Waals surface area (Å²) in [7, 11) is 3.23. The van der Waals surface area contributed by atoms with Gasteiger partial charge in [-0.15, -0.1) is 11.3 Å². The number of likely N-dealkylation sites (tertiary alicyclic amines) is 1. The van der Waals surface area contributed by atoms with Gasteiger partial charge >= 0.3 is 0 Å². The SMILES string of the molecule is COc1cc(OC)c2[nH]c(C(=O)NC[C@H](c3cccs3)N3CCC(C)CC3)cc2c1. The summed E-state index contributed by atoms with van der Waals surface area (Å²) in [6.45, 7) is 5.05. The Kier molecular flexibility index (Phi) is 6.29. The average molecular weight is 428 g/mol. The Bertz CT molecular complexity index is 991. The number of nitrogens with zero attached hydrogens (tertiary/aromatic N) is 1. The molecule has 2 N–H and O–H groups in total. The number of ether oxygens (including phenoxy) is 2. The third kappa shape index (κ3) is 4.32. The molecule has 1 saturated heterocycles. The van der Waals surface area contributed by atoms with Crippen molar-refractivity contribution in [2.45, 2.75) is 25.8 Å². The molecule has 0 unspecified atom stereocenters. The molecule has 1 atom stereocenters. The third-order valence-electron chi connectivity index (χ3n) is 5.95. The van der Waals surface area contributed by atoms with E-state index in [0.717, 1.165) is 29.9 Å². The lowest BCUT2D eigenvalue weighted by molar-refractivity contribution is 0.0911. The molecule has 160 valence electrons. The highest BCUT2D eigenvalue weighted by Gasteiger charge is 2.26. The number of carbonyl (C=O) groups excluding carboxylic acids is 1. The lowest BCUT2D eigenvalue weighted by Crippen LogP contribution is -2.41. The van der Waals surface area contributed by atoms with E-state index in [9.17, 15) is 4.79 Å². The van der Waals surface area contributed by atoms with Crippen LogP contribution in [0.2, 0.25) is 0 Å². The van der Waals surface area contributed by atoms with Crippen LogP contribution in [0.4, 0.5) is 0 Å². The van der Waals surface area contributed by atoms with Crippen molar-refractivity contribution in [2.75, 3.05) is 33.9 Å². The van der Waals surface area contributed by atoms with Crippen LogP contribution in [0.25, 0.3) is 10.9 Å². The van der Waals surface area contributed by atoms with Gasteiger partial charge in [0, 0.05) is 22.9 Å². The van der Waals surface area contributed by atoms with Crippen molar-refractivity contribution in [1.82, 2.24) is 15.2 Å². The molecule has 4 rings (SSSR count). The minimum Gasteiger partial charge on any atom is -0.497 e. The van der Waals surface area contributed by atoms with Crippen molar-refractivity contribution < 1.29 is 14.3 Å². The number of aromatic nitrogens is 1. The number of amides is 1. The van der Waals surface area contributed by atoms with Crippen LogP contribution in [0.3, 0.4) is 0 Å². The molecule has 1 aliphatic heterocycles. The lowest BCUT2D eigenvalue weighted by atomic mass is 9.97. The predicted octanol–water partition coefficient (Wildman–Crippen LogP) is 4.45. The van der Waals surface area contributed by atoms with Gasteiger partial charge < -0.3 is 19.8 Å². The smallest absolute Gasteiger partial charge is 0.267 e. The number of methoxy groups -OCH3 is 2. The molecule has 2 aromatic heterocycles. The molecular formula is C23H29N3O3S. The molecule has 3 aromatic rings. The number of fused-ring (bicyclic) bond motifs is 1. The lowest BCUT2D eigenvalue weighted by Gasteiger charge is -2.36. The molecule has 0 spiro atoms. The van der Waals surface area contributed by atoms with Crippen molar-refractivity contribution in [3.63, 3.8) is 0 Å². The van der Waals surface area contributed by atoms with Crippen LogP contribution >= 0.6 is 11.3 Å². The summed E-state index contributed by atoms with van der Waals surface area (Å²) in [5.41, 5.74) is 1.32. The van der Waals surface area contributed by atoms with Crippen LogP contribution in [-0.4, -0.2) is 49.6 Å². The van der Waals surface area contributed by atoms with E-state index in [4.69, 9.17) is 9.47 Å². The number of nitrogens with one attached hydrogen (secondary N) is 2. The van der Waals surface area contributed by atoms with Crippen LogP contribution in [0.5, 0.6) is 11.5 Å². The molecule has 30 heavy (non-hydrogen) atoms. The number of thiophene rings is 1. The summed E-state index contributed by atoms with van der Waals surface area (Å²) in [5.74, 6) is 2.02. The van der Waals surface area contributed by atoms with E-state index < -0.39 is 0 Å². The molecule has 0 saturated carbocycles. The summed E-state index contributed by atoms with van der Waals surface area (Å²) in [6, 6.07) is 10.0. The molecule has 3 heterocycles. The largest absolute Gasteiger partial charge is 0.497 e. The topological polar surface area (TPSA) is 66.6 Å². The Hall–Kier alpha value is -2.51. The quantitative estimate of drug-likeness (QED) is 0.585. The molecule has 6 nitrogen and oxygen atoms in total. The Morgan fingerprint density at radius 3 is 2.73 bits per heavy atom. The standard InChI is InChI=1S/C23H29N3O3S/c1-15-6-8-26(9-7-15)19(21-5-4-10-30-21)14-24-23(27)18-12-16-11-17(28-2)13-20(29-3)22(16)25-18/h4-5,10-13,15,19,25H,6-9,14H2,1-3H3,(H,24,27)/t19-/m1/s1. The summed E-state index contributed by atoms with van der Waals surface area (Å²) < 4.78 is 10.8. The number of H-pyrrole nitrogens is 1. The fourth-order valence-electron chi connectivity index (χ4n) is 4.10. The second-order valence-electron chi connectivity index (χ2n) is 7.94. The molecular weight excluding hydrogens is 398 g/mol. The van der Waals surface area contributed by atoms with Crippen LogP contribution < -0.4 is 14.8 Å². The number of benzene rings is 1. The van der Waals surface area contributed by atoms with E-state index in [1.165, 1.54) is 17.7 Å². The zero-order valence-electron chi connectivity index (χ0n) is 17.7. The van der Waals surface area contributed by atoms with E-state index in [0.29, 0.717) is 23.7 Å². The first-order valence-corrected chi connectivity index (χ1v) is 11.3. The van der Waals surface area contributed by atoms with E-state index in [1.54, 1.807) is 25.6 Å². The third-order valence-corrected chi connectivity index (χ3v) is 6.93. The minimum absolute atomic E-state index is 0.112. The molecule has 1 amide bonds. The Morgan fingerprint density at radius 2 is 2.07 bits per heavy atom. The van der Waals surface area contributed by atoms with E-state index in [1.807, 2.05) is 18.2 Å². The van der Waals surface area contributed by atoms with Crippen molar-refractivity contribution >= 4 is 28.1 Å². The van der Waals surface area contributed by atoms with Gasteiger partial charge in [0.25, 0.3) is 5.91 Å². The highest BCUT2D eigenvalue weighted by atomic mass is 32.1. The molecule has 1 aromatic carbocycles. The number of rotatable bonds is 7. The first-order chi connectivity index (χ1) is 14.6. The highest BCUT2D eigenvalue weighted by Crippen LogP contribution is 2.32. The fraction of sp³-hybridized carbons (Fsp3) is 0.435. The van der Waals surface area contributed by atoms with Crippen LogP contribution in [-0.2, 0) is 0 Å².